The molecule has 0 aliphatic rings. The fourth-order valence-corrected chi connectivity index (χ4v) is 1.73. The van der Waals surface area contributed by atoms with Crippen LogP contribution in [0.15, 0.2) is 0 Å². The van der Waals surface area contributed by atoms with Crippen LogP contribution in [0.5, 0.6) is 0 Å². The summed E-state index contributed by atoms with van der Waals surface area (Å²) in [5.41, 5.74) is -0.163. The van der Waals surface area contributed by atoms with Crippen LogP contribution in [0.2, 0.25) is 0 Å². The van der Waals surface area contributed by atoms with E-state index >= 15 is 0 Å². The van der Waals surface area contributed by atoms with Crippen molar-refractivity contribution < 1.29 is 9.59 Å². The minimum absolute atomic E-state index is 0.0382. The van der Waals surface area contributed by atoms with Crippen LogP contribution in [0.4, 0.5) is 0 Å². The molecule has 5 heteroatoms. The van der Waals surface area contributed by atoms with E-state index in [9.17, 15) is 9.59 Å². The second-order valence-electron chi connectivity index (χ2n) is 4.90. The number of amides is 2. The number of hydrogen-bond acceptors (Lipinski definition) is 3. The SMILES string of the molecule is CN(C)C(=O)CSCC(=O)N(C)C(C)(C)C. The van der Waals surface area contributed by atoms with E-state index in [1.54, 1.807) is 26.0 Å². The van der Waals surface area contributed by atoms with Gasteiger partial charge in [0.25, 0.3) is 0 Å². The van der Waals surface area contributed by atoms with E-state index < -0.39 is 0 Å². The van der Waals surface area contributed by atoms with E-state index in [1.165, 1.54) is 16.7 Å². The number of nitrogens with zero attached hydrogens (tertiary/aromatic N) is 2. The zero-order valence-electron chi connectivity index (χ0n) is 11.0. The molecule has 0 heterocycles. The van der Waals surface area contributed by atoms with Gasteiger partial charge in [-0.2, -0.15) is 0 Å². The summed E-state index contributed by atoms with van der Waals surface area (Å²) in [6.45, 7) is 5.96. The van der Waals surface area contributed by atoms with Crippen molar-refractivity contribution in [3.8, 4) is 0 Å². The maximum Gasteiger partial charge on any atom is 0.232 e. The van der Waals surface area contributed by atoms with E-state index in [1.807, 2.05) is 20.8 Å². The van der Waals surface area contributed by atoms with Gasteiger partial charge in [0.1, 0.15) is 0 Å². The third-order valence-corrected chi connectivity index (χ3v) is 3.23. The van der Waals surface area contributed by atoms with Gasteiger partial charge in [-0.05, 0) is 20.8 Å². The number of rotatable bonds is 4. The molecule has 0 saturated heterocycles. The molecule has 94 valence electrons. The molecule has 16 heavy (non-hydrogen) atoms. The highest BCUT2D eigenvalue weighted by molar-refractivity contribution is 8.00. The molecule has 0 saturated carbocycles. The van der Waals surface area contributed by atoms with Crippen molar-refractivity contribution in [1.29, 1.82) is 0 Å². The molecule has 4 nitrogen and oxygen atoms in total. The first kappa shape index (κ1) is 15.3. The molecule has 0 atom stereocenters. The molecule has 0 spiro atoms. The zero-order chi connectivity index (χ0) is 12.9. The summed E-state index contributed by atoms with van der Waals surface area (Å²) in [5.74, 6) is 0.810. The van der Waals surface area contributed by atoms with E-state index in [2.05, 4.69) is 0 Å². The van der Waals surface area contributed by atoms with Gasteiger partial charge < -0.3 is 9.80 Å². The van der Waals surface area contributed by atoms with Gasteiger partial charge in [-0.3, -0.25) is 9.59 Å². The lowest BCUT2D eigenvalue weighted by Crippen LogP contribution is -2.43. The third-order valence-electron chi connectivity index (χ3n) is 2.33. The smallest absolute Gasteiger partial charge is 0.232 e. The van der Waals surface area contributed by atoms with E-state index in [0.29, 0.717) is 11.5 Å². The van der Waals surface area contributed by atoms with Gasteiger partial charge in [0.15, 0.2) is 0 Å². The highest BCUT2D eigenvalue weighted by atomic mass is 32.2. The van der Waals surface area contributed by atoms with Gasteiger partial charge in [0.2, 0.25) is 11.8 Å². The van der Waals surface area contributed by atoms with Gasteiger partial charge >= 0.3 is 0 Å². The molecule has 0 bridgehead atoms. The minimum atomic E-state index is -0.163. The van der Waals surface area contributed by atoms with Gasteiger partial charge in [0, 0.05) is 26.7 Å². The molecule has 0 aromatic carbocycles. The van der Waals surface area contributed by atoms with Crippen molar-refractivity contribution in [2.45, 2.75) is 26.3 Å². The molecule has 0 radical (unpaired) electrons. The molecule has 0 N–H and O–H groups in total. The van der Waals surface area contributed by atoms with Gasteiger partial charge in [-0.1, -0.05) is 0 Å². The minimum Gasteiger partial charge on any atom is -0.348 e. The van der Waals surface area contributed by atoms with Crippen molar-refractivity contribution in [1.82, 2.24) is 9.80 Å². The van der Waals surface area contributed by atoms with Crippen molar-refractivity contribution in [2.24, 2.45) is 0 Å². The average molecular weight is 246 g/mol. The number of thioether (sulfide) groups is 1. The van der Waals surface area contributed by atoms with Gasteiger partial charge in [0.05, 0.1) is 11.5 Å². The van der Waals surface area contributed by atoms with Crippen LogP contribution < -0.4 is 0 Å². The largest absolute Gasteiger partial charge is 0.348 e. The Bertz CT molecular complexity index is 259. The Morgan fingerprint density at radius 2 is 1.44 bits per heavy atom. The average Bonchev–Trinajstić information content (AvgIpc) is 2.14. The molecule has 0 aliphatic heterocycles. The topological polar surface area (TPSA) is 40.6 Å². The Hall–Kier alpha value is -0.710. The fourth-order valence-electron chi connectivity index (χ4n) is 0.826. The van der Waals surface area contributed by atoms with Crippen molar-refractivity contribution in [2.75, 3.05) is 32.6 Å². The summed E-state index contributed by atoms with van der Waals surface area (Å²) in [6, 6.07) is 0. The monoisotopic (exact) mass is 246 g/mol. The summed E-state index contributed by atoms with van der Waals surface area (Å²) in [7, 11) is 5.22. The summed E-state index contributed by atoms with van der Waals surface area (Å²) < 4.78 is 0. The third kappa shape index (κ3) is 5.39. The highest BCUT2D eigenvalue weighted by Crippen LogP contribution is 2.13. The van der Waals surface area contributed by atoms with Gasteiger partial charge in [-0.15, -0.1) is 11.8 Å². The molecule has 0 aromatic rings. The number of hydrogen-bond donors (Lipinski definition) is 0. The van der Waals surface area contributed by atoms with Crippen LogP contribution >= 0.6 is 11.8 Å². The van der Waals surface area contributed by atoms with Crippen LogP contribution in [0.1, 0.15) is 20.8 Å². The van der Waals surface area contributed by atoms with Gasteiger partial charge in [-0.25, -0.2) is 0 Å². The summed E-state index contributed by atoms with van der Waals surface area (Å²) in [6.07, 6.45) is 0. The van der Waals surface area contributed by atoms with E-state index in [-0.39, 0.29) is 17.4 Å². The molecular formula is C11H22N2O2S. The molecule has 0 aromatic heterocycles. The van der Waals surface area contributed by atoms with Crippen LogP contribution in [0.25, 0.3) is 0 Å². The lowest BCUT2D eigenvalue weighted by Gasteiger charge is -2.31. The normalized spacial score (nSPS) is 11.1. The van der Waals surface area contributed by atoms with E-state index in [4.69, 9.17) is 0 Å². The van der Waals surface area contributed by atoms with Crippen LogP contribution in [-0.2, 0) is 9.59 Å². The van der Waals surface area contributed by atoms with Crippen LogP contribution in [-0.4, -0.2) is 59.8 Å². The summed E-state index contributed by atoms with van der Waals surface area (Å²) >= 11 is 1.36. The maximum atomic E-state index is 11.7. The standard InChI is InChI=1S/C11H22N2O2S/c1-11(2,3)13(6)10(15)8-16-7-9(14)12(4)5/h7-8H2,1-6H3. The van der Waals surface area contributed by atoms with Crippen molar-refractivity contribution in [3.05, 3.63) is 0 Å². The molecule has 2 amide bonds. The molecule has 0 unspecified atom stereocenters. The van der Waals surface area contributed by atoms with Crippen LogP contribution in [0, 0.1) is 0 Å². The fraction of sp³-hybridized carbons (Fsp3) is 0.818. The molecule has 0 fully saturated rings. The predicted octanol–water partition coefficient (Wildman–Crippen LogP) is 1.06. The van der Waals surface area contributed by atoms with E-state index in [0.717, 1.165) is 0 Å². The predicted molar refractivity (Wildman–Crippen MR) is 68.5 cm³/mol. The highest BCUT2D eigenvalue weighted by Gasteiger charge is 2.22. The maximum absolute atomic E-state index is 11.7. The zero-order valence-corrected chi connectivity index (χ0v) is 11.8. The first-order chi connectivity index (χ1) is 7.16. The Balaban J connectivity index is 3.96. The Kier molecular flexibility index (Phi) is 5.86. The molecule has 0 aliphatic carbocycles. The lowest BCUT2D eigenvalue weighted by atomic mass is 10.1. The summed E-state index contributed by atoms with van der Waals surface area (Å²) in [4.78, 5) is 26.2. The summed E-state index contributed by atoms with van der Waals surface area (Å²) in [5, 5.41) is 0. The lowest BCUT2D eigenvalue weighted by molar-refractivity contribution is -0.131. The second kappa shape index (κ2) is 6.13. The first-order valence-electron chi connectivity index (χ1n) is 5.21. The number of carbonyl (C=O) groups is 2. The molecular weight excluding hydrogens is 224 g/mol. The number of carbonyl (C=O) groups excluding carboxylic acids is 2. The Morgan fingerprint density at radius 1 is 1.00 bits per heavy atom. The quantitative estimate of drug-likeness (QED) is 0.745. The molecule has 0 rings (SSSR count). The van der Waals surface area contributed by atoms with Crippen molar-refractivity contribution >= 4 is 23.6 Å². The van der Waals surface area contributed by atoms with Crippen molar-refractivity contribution in [3.63, 3.8) is 0 Å². The first-order valence-corrected chi connectivity index (χ1v) is 6.36. The van der Waals surface area contributed by atoms with Crippen LogP contribution in [0.3, 0.4) is 0 Å². The Morgan fingerprint density at radius 3 is 1.81 bits per heavy atom. The second-order valence-corrected chi connectivity index (χ2v) is 5.89. The Labute approximate surface area is 102 Å².